The summed E-state index contributed by atoms with van der Waals surface area (Å²) in [5, 5.41) is -0.129. The van der Waals surface area contributed by atoms with E-state index >= 15 is 0 Å². The van der Waals surface area contributed by atoms with E-state index in [0.29, 0.717) is 38.4 Å². The van der Waals surface area contributed by atoms with E-state index in [1.54, 1.807) is 26.2 Å². The molecule has 7 atom stereocenters. The van der Waals surface area contributed by atoms with Crippen molar-refractivity contribution in [2.75, 3.05) is 58.4 Å². The van der Waals surface area contributed by atoms with Crippen molar-refractivity contribution in [1.82, 2.24) is 14.5 Å². The molecule has 2 fully saturated rings. The molecule has 2 amide bonds. The minimum atomic E-state index is -4.02. The number of nitrogens with zero attached hydrogens (tertiary/aromatic N) is 3. The van der Waals surface area contributed by atoms with E-state index in [0.717, 1.165) is 55.9 Å². The Hall–Kier alpha value is -3.12. The number of carbonyl (C=O) groups excluding carboxylic acids is 2. The van der Waals surface area contributed by atoms with Gasteiger partial charge in [-0.1, -0.05) is 43.7 Å². The summed E-state index contributed by atoms with van der Waals surface area (Å²) >= 11 is 6.51. The number of halogens is 1. The molecule has 3 aliphatic heterocycles. The predicted molar refractivity (Wildman–Crippen MR) is 213 cm³/mol. The van der Waals surface area contributed by atoms with Crippen molar-refractivity contribution in [2.45, 2.75) is 94.9 Å². The number of likely N-dealkylation sites (N-methyl/N-ethyl adjacent to an activating group) is 1. The zero-order valence-electron chi connectivity index (χ0n) is 32.7. The van der Waals surface area contributed by atoms with Gasteiger partial charge in [0.15, 0.2) is 0 Å². The Morgan fingerprint density at radius 2 is 1.89 bits per heavy atom. The second kappa shape index (κ2) is 14.8. The van der Waals surface area contributed by atoms with Gasteiger partial charge in [0.25, 0.3) is 5.91 Å². The lowest BCUT2D eigenvalue weighted by Crippen LogP contribution is -2.60. The van der Waals surface area contributed by atoms with Gasteiger partial charge < -0.3 is 24.2 Å². The van der Waals surface area contributed by atoms with Crippen LogP contribution in [0.25, 0.3) is 0 Å². The molecule has 3 heterocycles. The van der Waals surface area contributed by atoms with E-state index in [4.69, 9.17) is 21.1 Å². The van der Waals surface area contributed by atoms with Crippen LogP contribution in [0.5, 0.6) is 5.75 Å². The number of anilines is 1. The Morgan fingerprint density at radius 3 is 2.61 bits per heavy atom. The minimum absolute atomic E-state index is 0.00478. The first kappa shape index (κ1) is 39.1. The predicted octanol–water partition coefficient (Wildman–Crippen LogP) is 6.21. The molecule has 0 radical (unpaired) electrons. The van der Waals surface area contributed by atoms with E-state index in [9.17, 15) is 18.0 Å². The van der Waals surface area contributed by atoms with Crippen molar-refractivity contribution < 1.29 is 27.5 Å². The average molecular weight is 781 g/mol. The topological polar surface area (TPSA) is 108 Å². The quantitative estimate of drug-likeness (QED) is 0.367. The number of allylic oxidation sites excluding steroid dienone is 1. The zero-order chi connectivity index (χ0) is 38.6. The van der Waals surface area contributed by atoms with Crippen LogP contribution in [0, 0.1) is 17.3 Å². The molecule has 5 aliphatic rings. The second-order valence-corrected chi connectivity index (χ2v) is 19.8. The molecule has 1 saturated carbocycles. The lowest BCUT2D eigenvalue weighted by Gasteiger charge is -2.57. The molecule has 10 nitrogen and oxygen atoms in total. The number of nitrogens with one attached hydrogen (secondary N) is 1. The molecule has 294 valence electrons. The fourth-order valence-electron chi connectivity index (χ4n) is 10.2. The van der Waals surface area contributed by atoms with Gasteiger partial charge in [0.05, 0.1) is 29.6 Å². The van der Waals surface area contributed by atoms with Crippen LogP contribution >= 0.6 is 11.6 Å². The zero-order valence-corrected chi connectivity index (χ0v) is 34.3. The summed E-state index contributed by atoms with van der Waals surface area (Å²) in [5.41, 5.74) is 1.99. The maximum absolute atomic E-state index is 14.3. The van der Waals surface area contributed by atoms with Crippen LogP contribution in [0.3, 0.4) is 0 Å². The van der Waals surface area contributed by atoms with Crippen LogP contribution < -0.4 is 14.4 Å². The van der Waals surface area contributed by atoms with Gasteiger partial charge in [0.2, 0.25) is 15.9 Å². The van der Waals surface area contributed by atoms with Crippen LogP contribution in [0.4, 0.5) is 5.69 Å². The van der Waals surface area contributed by atoms with Crippen molar-refractivity contribution in [3.8, 4) is 5.75 Å². The molecule has 7 rings (SSSR count). The number of ether oxygens (including phenoxy) is 2. The summed E-state index contributed by atoms with van der Waals surface area (Å²) < 4.78 is 42.9. The molecule has 54 heavy (non-hydrogen) atoms. The van der Waals surface area contributed by atoms with Crippen LogP contribution in [0.1, 0.15) is 87.7 Å². The maximum atomic E-state index is 14.3. The molecule has 2 aromatic rings. The third kappa shape index (κ3) is 7.19. The normalized spacial score (nSPS) is 34.8. The van der Waals surface area contributed by atoms with Gasteiger partial charge in [0, 0.05) is 61.9 Å². The SMILES string of the molecule is CO[C@@]1(CC(=O)N2CCN(C)C[C@H]2C)/C=C/C[C@H](C)[C@@H](C)S(=O)(=O)NC(=O)c2ccc3c(c2)N(CC2(C)CC[C@H]21)C[C@@]1(CCCc2cc(Cl)ccc21)CO3. The fraction of sp³-hybridized carbons (Fsp3) is 0.619. The van der Waals surface area contributed by atoms with Crippen molar-refractivity contribution in [2.24, 2.45) is 17.3 Å². The van der Waals surface area contributed by atoms with Crippen LogP contribution in [0.15, 0.2) is 48.6 Å². The number of amides is 2. The Kier molecular flexibility index (Phi) is 10.7. The largest absolute Gasteiger partial charge is 0.490 e. The van der Waals surface area contributed by atoms with Gasteiger partial charge in [-0.25, -0.2) is 13.1 Å². The number of piperazine rings is 1. The Morgan fingerprint density at radius 1 is 1.09 bits per heavy atom. The highest BCUT2D eigenvalue weighted by Gasteiger charge is 2.56. The first-order valence-corrected chi connectivity index (χ1v) is 21.6. The van der Waals surface area contributed by atoms with Gasteiger partial charge >= 0.3 is 0 Å². The molecule has 2 aromatic carbocycles. The van der Waals surface area contributed by atoms with Crippen LogP contribution in [0.2, 0.25) is 5.02 Å². The minimum Gasteiger partial charge on any atom is -0.490 e. The van der Waals surface area contributed by atoms with Crippen molar-refractivity contribution in [3.63, 3.8) is 0 Å². The molecule has 1 spiro atoms. The molecule has 2 bridgehead atoms. The lowest BCUT2D eigenvalue weighted by atomic mass is 9.53. The number of sulfonamides is 1. The monoisotopic (exact) mass is 780 g/mol. The summed E-state index contributed by atoms with van der Waals surface area (Å²) in [6.07, 6.45) is 9.40. The van der Waals surface area contributed by atoms with Gasteiger partial charge in [-0.2, -0.15) is 0 Å². The van der Waals surface area contributed by atoms with Crippen molar-refractivity contribution in [1.29, 1.82) is 0 Å². The molecule has 1 unspecified atom stereocenters. The number of carbonyl (C=O) groups is 2. The van der Waals surface area contributed by atoms with Crippen LogP contribution in [-0.4, -0.2) is 100 Å². The average Bonchev–Trinajstić information content (AvgIpc) is 3.26. The first-order chi connectivity index (χ1) is 25.6. The number of benzene rings is 2. The molecular weight excluding hydrogens is 724 g/mol. The highest BCUT2D eigenvalue weighted by molar-refractivity contribution is 7.90. The van der Waals surface area contributed by atoms with E-state index in [1.807, 2.05) is 30.0 Å². The number of rotatable bonds is 3. The number of methoxy groups -OCH3 is 1. The number of fused-ring (bicyclic) bond motifs is 4. The summed E-state index contributed by atoms with van der Waals surface area (Å²) in [7, 11) is -0.211. The second-order valence-electron chi connectivity index (χ2n) is 17.3. The third-order valence-corrected chi connectivity index (χ3v) is 15.8. The summed E-state index contributed by atoms with van der Waals surface area (Å²) in [4.78, 5) is 34.7. The molecule has 1 saturated heterocycles. The van der Waals surface area contributed by atoms with Gasteiger partial charge in [0.1, 0.15) is 5.75 Å². The smallest absolute Gasteiger partial charge is 0.264 e. The standard InChI is InChI=1S/C42H57ClN4O6S/c1-28-9-7-17-42(52-6,23-38(48)47-20-19-45(5)24-29(47)2)37-15-18-40(37,4)25-46-26-41(16-8-10-31-21-33(43)12-13-34(31)41)27-53-36-14-11-32(22-35(36)46)39(49)44-54(50,51)30(28)3/h7,11-14,17,21-22,28-30,37H,8-10,15-16,18-20,23-27H2,1-6H3,(H,44,49)/b17-7+/t28-,29+,30+,37+,40?,41-,42+/m0/s1. The summed E-state index contributed by atoms with van der Waals surface area (Å²) in [6, 6.07) is 11.5. The molecule has 12 heteroatoms. The van der Waals surface area contributed by atoms with E-state index in [1.165, 1.54) is 11.1 Å². The highest BCUT2D eigenvalue weighted by atomic mass is 35.5. The molecule has 0 aromatic heterocycles. The third-order valence-electron chi connectivity index (χ3n) is 13.7. The van der Waals surface area contributed by atoms with Gasteiger partial charge in [-0.3, -0.25) is 9.59 Å². The highest BCUT2D eigenvalue weighted by Crippen LogP contribution is 2.56. The molecule has 1 N–H and O–H groups in total. The first-order valence-electron chi connectivity index (χ1n) is 19.7. The van der Waals surface area contributed by atoms with Crippen LogP contribution in [-0.2, 0) is 31.4 Å². The van der Waals surface area contributed by atoms with Gasteiger partial charge in [-0.15, -0.1) is 0 Å². The van der Waals surface area contributed by atoms with E-state index in [2.05, 4.69) is 53.6 Å². The fourth-order valence-corrected chi connectivity index (χ4v) is 11.6. The van der Waals surface area contributed by atoms with E-state index in [-0.39, 0.29) is 46.6 Å². The number of hydrogen-bond acceptors (Lipinski definition) is 8. The maximum Gasteiger partial charge on any atom is 0.264 e. The molecule has 2 aliphatic carbocycles. The van der Waals surface area contributed by atoms with Gasteiger partial charge in [-0.05, 0) is 118 Å². The van der Waals surface area contributed by atoms with Crippen molar-refractivity contribution >= 4 is 39.1 Å². The lowest BCUT2D eigenvalue weighted by molar-refractivity contribution is -0.153. The number of aryl methyl sites for hydroxylation is 1. The number of hydrogen-bond donors (Lipinski definition) is 1. The Balaban J connectivity index is 1.33. The van der Waals surface area contributed by atoms with E-state index < -0.39 is 26.8 Å². The summed E-state index contributed by atoms with van der Waals surface area (Å²) in [5.74, 6) is -0.233. The summed E-state index contributed by atoms with van der Waals surface area (Å²) in [6.45, 7) is 12.0. The Bertz CT molecular complexity index is 1920. The Labute approximate surface area is 326 Å². The van der Waals surface area contributed by atoms with Crippen molar-refractivity contribution in [3.05, 3.63) is 70.3 Å². The molecular formula is C42H57ClN4O6S.